The molecule has 0 aliphatic carbocycles. The zero-order valence-corrected chi connectivity index (χ0v) is 19.9. The minimum Gasteiger partial charge on any atom is -0.383 e. The van der Waals surface area contributed by atoms with Crippen molar-refractivity contribution in [2.45, 2.75) is 22.9 Å². The van der Waals surface area contributed by atoms with Crippen LogP contribution in [0.2, 0.25) is 5.02 Å². The van der Waals surface area contributed by atoms with Crippen molar-refractivity contribution < 1.29 is 17.6 Å². The average Bonchev–Trinajstić information content (AvgIpc) is 3.14. The van der Waals surface area contributed by atoms with Gasteiger partial charge in [-0.05, 0) is 48.0 Å². The third kappa shape index (κ3) is 5.61. The molecule has 35 heavy (non-hydrogen) atoms. The number of nitrogen functional groups attached to an aromatic ring is 1. The van der Waals surface area contributed by atoms with Gasteiger partial charge in [0.1, 0.15) is 18.2 Å². The second kappa shape index (κ2) is 10.2. The summed E-state index contributed by atoms with van der Waals surface area (Å²) in [6, 6.07) is 20.1. The van der Waals surface area contributed by atoms with E-state index in [2.05, 4.69) is 15.7 Å². The molecule has 4 rings (SSSR count). The number of nitrogens with two attached hydrogens (primary N) is 1. The van der Waals surface area contributed by atoms with Gasteiger partial charge in [0, 0.05) is 17.3 Å². The standard InChI is InChI=1S/C24H21ClFN5O3S/c25-17-11-9-16(10-12-17)14-28-21(32)15-31-23(27)22(35(33,34)20-7-2-1-3-8-20)24(30-31)29-19-6-4-5-18(26)13-19/h1-13H,14-15,27H2,(H,28,32)(H,29,30). The highest BCUT2D eigenvalue weighted by atomic mass is 35.5. The van der Waals surface area contributed by atoms with E-state index in [0.29, 0.717) is 5.02 Å². The Morgan fingerprint density at radius 2 is 1.74 bits per heavy atom. The monoisotopic (exact) mass is 513 g/mol. The fourth-order valence-corrected chi connectivity index (χ4v) is 4.95. The molecule has 1 heterocycles. The van der Waals surface area contributed by atoms with E-state index in [4.69, 9.17) is 17.3 Å². The highest BCUT2D eigenvalue weighted by Crippen LogP contribution is 2.34. The molecular weight excluding hydrogens is 493 g/mol. The maximum atomic E-state index is 13.7. The van der Waals surface area contributed by atoms with E-state index in [-0.39, 0.29) is 40.2 Å². The number of rotatable bonds is 8. The Labute approximate surface area is 206 Å². The van der Waals surface area contributed by atoms with Crippen molar-refractivity contribution in [3.63, 3.8) is 0 Å². The molecule has 3 aromatic carbocycles. The summed E-state index contributed by atoms with van der Waals surface area (Å²) in [6.07, 6.45) is 0. The molecular formula is C24H21ClFN5O3S. The van der Waals surface area contributed by atoms with Crippen molar-refractivity contribution in [2.75, 3.05) is 11.1 Å². The lowest BCUT2D eigenvalue weighted by atomic mass is 10.2. The number of sulfone groups is 1. The molecule has 0 radical (unpaired) electrons. The summed E-state index contributed by atoms with van der Waals surface area (Å²) in [5.74, 6) is -1.30. The van der Waals surface area contributed by atoms with E-state index in [0.717, 1.165) is 10.2 Å². The zero-order valence-electron chi connectivity index (χ0n) is 18.3. The first kappa shape index (κ1) is 24.2. The Kier molecular flexibility index (Phi) is 7.04. The van der Waals surface area contributed by atoms with Crippen LogP contribution in [0.25, 0.3) is 0 Å². The number of amides is 1. The number of halogens is 2. The molecule has 1 amide bonds. The first-order valence-corrected chi connectivity index (χ1v) is 12.3. The predicted octanol–water partition coefficient (Wildman–Crippen LogP) is 4.15. The molecule has 4 aromatic rings. The van der Waals surface area contributed by atoms with Crippen molar-refractivity contribution in [1.82, 2.24) is 15.1 Å². The van der Waals surface area contributed by atoms with Gasteiger partial charge >= 0.3 is 0 Å². The molecule has 0 aliphatic rings. The lowest BCUT2D eigenvalue weighted by molar-refractivity contribution is -0.122. The lowest BCUT2D eigenvalue weighted by Crippen LogP contribution is -2.28. The molecule has 0 atom stereocenters. The van der Waals surface area contributed by atoms with Crippen LogP contribution < -0.4 is 16.4 Å². The number of anilines is 3. The summed E-state index contributed by atoms with van der Waals surface area (Å²) in [6.45, 7) is -0.0949. The van der Waals surface area contributed by atoms with Crippen molar-refractivity contribution in [2.24, 2.45) is 0 Å². The van der Waals surface area contributed by atoms with Gasteiger partial charge in [-0.3, -0.25) is 4.79 Å². The number of aromatic nitrogens is 2. The maximum absolute atomic E-state index is 13.7. The summed E-state index contributed by atoms with van der Waals surface area (Å²) in [5.41, 5.74) is 7.30. The molecule has 0 aliphatic heterocycles. The Balaban J connectivity index is 1.65. The molecule has 180 valence electrons. The highest BCUT2D eigenvalue weighted by Gasteiger charge is 2.30. The van der Waals surface area contributed by atoms with Crippen LogP contribution in [0.3, 0.4) is 0 Å². The normalized spacial score (nSPS) is 11.3. The second-order valence-corrected chi connectivity index (χ2v) is 9.90. The van der Waals surface area contributed by atoms with Crippen LogP contribution in [-0.4, -0.2) is 24.1 Å². The zero-order chi connectivity index (χ0) is 25.0. The van der Waals surface area contributed by atoms with Gasteiger partial charge in [0.05, 0.1) is 4.90 Å². The molecule has 11 heteroatoms. The van der Waals surface area contributed by atoms with Crippen LogP contribution in [0, 0.1) is 5.82 Å². The molecule has 0 unspecified atom stereocenters. The number of hydrogen-bond donors (Lipinski definition) is 3. The molecule has 0 bridgehead atoms. The molecule has 8 nitrogen and oxygen atoms in total. The Hall–Kier alpha value is -3.89. The summed E-state index contributed by atoms with van der Waals surface area (Å²) >= 11 is 5.88. The Morgan fingerprint density at radius 1 is 1.03 bits per heavy atom. The van der Waals surface area contributed by atoms with E-state index < -0.39 is 21.6 Å². The van der Waals surface area contributed by atoms with Crippen LogP contribution >= 0.6 is 11.6 Å². The van der Waals surface area contributed by atoms with Gasteiger partial charge in [-0.2, -0.15) is 5.10 Å². The van der Waals surface area contributed by atoms with Crippen LogP contribution in [0.4, 0.5) is 21.7 Å². The van der Waals surface area contributed by atoms with Gasteiger partial charge in [-0.1, -0.05) is 48.0 Å². The van der Waals surface area contributed by atoms with Crippen LogP contribution in [0.1, 0.15) is 5.56 Å². The lowest BCUT2D eigenvalue weighted by Gasteiger charge is -2.08. The number of hydrogen-bond acceptors (Lipinski definition) is 6. The minimum absolute atomic E-state index is 0.000678. The minimum atomic E-state index is -4.11. The Morgan fingerprint density at radius 3 is 2.43 bits per heavy atom. The number of carbonyl (C=O) groups excluding carboxylic acids is 1. The first-order valence-electron chi connectivity index (χ1n) is 10.4. The number of nitrogens with zero attached hydrogens (tertiary/aromatic N) is 2. The average molecular weight is 514 g/mol. The third-order valence-corrected chi connectivity index (χ3v) is 7.14. The van der Waals surface area contributed by atoms with E-state index in [1.165, 1.54) is 30.3 Å². The smallest absolute Gasteiger partial charge is 0.242 e. The molecule has 0 saturated carbocycles. The molecule has 0 fully saturated rings. The second-order valence-electron chi connectivity index (χ2n) is 7.58. The summed E-state index contributed by atoms with van der Waals surface area (Å²) in [5, 5.41) is 10.4. The molecule has 0 spiro atoms. The maximum Gasteiger partial charge on any atom is 0.242 e. The van der Waals surface area contributed by atoms with E-state index in [1.54, 1.807) is 48.5 Å². The fraction of sp³-hybridized carbons (Fsp3) is 0.0833. The van der Waals surface area contributed by atoms with Crippen molar-refractivity contribution in [1.29, 1.82) is 0 Å². The van der Waals surface area contributed by atoms with Crippen molar-refractivity contribution in [3.8, 4) is 0 Å². The van der Waals surface area contributed by atoms with Gasteiger partial charge in [0.25, 0.3) is 0 Å². The van der Waals surface area contributed by atoms with Gasteiger partial charge in [-0.25, -0.2) is 17.5 Å². The van der Waals surface area contributed by atoms with E-state index >= 15 is 0 Å². The summed E-state index contributed by atoms with van der Waals surface area (Å²) in [4.78, 5) is 12.3. The van der Waals surface area contributed by atoms with E-state index in [9.17, 15) is 17.6 Å². The van der Waals surface area contributed by atoms with Crippen LogP contribution in [0.15, 0.2) is 88.7 Å². The Bertz CT molecular complexity index is 1460. The van der Waals surface area contributed by atoms with E-state index in [1.807, 2.05) is 0 Å². The summed E-state index contributed by atoms with van der Waals surface area (Å²) in [7, 11) is -4.11. The van der Waals surface area contributed by atoms with Crippen LogP contribution in [0.5, 0.6) is 0 Å². The van der Waals surface area contributed by atoms with Crippen molar-refractivity contribution in [3.05, 3.63) is 95.3 Å². The number of nitrogens with one attached hydrogen (secondary N) is 2. The van der Waals surface area contributed by atoms with Crippen LogP contribution in [-0.2, 0) is 27.7 Å². The summed E-state index contributed by atoms with van der Waals surface area (Å²) < 4.78 is 41.6. The third-order valence-electron chi connectivity index (χ3n) is 5.05. The largest absolute Gasteiger partial charge is 0.383 e. The van der Waals surface area contributed by atoms with Gasteiger partial charge in [0.15, 0.2) is 10.7 Å². The molecule has 4 N–H and O–H groups in total. The molecule has 1 aromatic heterocycles. The van der Waals surface area contributed by atoms with Gasteiger partial charge < -0.3 is 16.4 Å². The quantitative estimate of drug-likeness (QED) is 0.325. The SMILES string of the molecule is Nc1c(S(=O)(=O)c2ccccc2)c(Nc2cccc(F)c2)nn1CC(=O)NCc1ccc(Cl)cc1. The highest BCUT2D eigenvalue weighted by molar-refractivity contribution is 7.91. The van der Waals surface area contributed by atoms with Gasteiger partial charge in [0.2, 0.25) is 15.7 Å². The number of benzene rings is 3. The number of carbonyl (C=O) groups is 1. The topological polar surface area (TPSA) is 119 Å². The first-order chi connectivity index (χ1) is 16.7. The van der Waals surface area contributed by atoms with Gasteiger partial charge in [-0.15, -0.1) is 0 Å². The van der Waals surface area contributed by atoms with Crippen molar-refractivity contribution >= 4 is 44.7 Å². The predicted molar refractivity (Wildman–Crippen MR) is 132 cm³/mol. The molecule has 0 saturated heterocycles. The fourth-order valence-electron chi connectivity index (χ4n) is 3.34.